The van der Waals surface area contributed by atoms with E-state index in [1.54, 1.807) is 0 Å². The van der Waals surface area contributed by atoms with Crippen molar-refractivity contribution in [2.75, 3.05) is 13.2 Å². The third-order valence-corrected chi connectivity index (χ3v) is 13.3. The van der Waals surface area contributed by atoms with Crippen LogP contribution in [0.15, 0.2) is 97.2 Å². The Labute approximate surface area is 457 Å². The number of rotatable bonds is 56. The van der Waals surface area contributed by atoms with Crippen LogP contribution < -0.4 is 0 Å². The number of unbranched alkanes of at least 4 members (excludes halogenated alkanes) is 29. The highest BCUT2D eigenvalue weighted by atomic mass is 16.6. The fraction of sp³-hybridized carbons (Fsp3) is 0.721. The van der Waals surface area contributed by atoms with Crippen LogP contribution in [0.3, 0.4) is 0 Å². The van der Waals surface area contributed by atoms with E-state index in [-0.39, 0.29) is 37.5 Å². The van der Waals surface area contributed by atoms with Crippen LogP contribution in [-0.2, 0) is 28.6 Å². The molecule has 0 amide bonds. The van der Waals surface area contributed by atoms with Gasteiger partial charge in [0.1, 0.15) is 13.2 Å². The molecular weight excluding hydrogens is 913 g/mol. The summed E-state index contributed by atoms with van der Waals surface area (Å²) in [5.74, 6) is -0.960. The summed E-state index contributed by atoms with van der Waals surface area (Å²) in [6.07, 6.45) is 82.7. The molecule has 0 aliphatic rings. The van der Waals surface area contributed by atoms with Gasteiger partial charge in [-0.15, -0.1) is 0 Å². The molecule has 0 aromatic rings. The van der Waals surface area contributed by atoms with E-state index >= 15 is 0 Å². The molecule has 0 aromatic heterocycles. The third kappa shape index (κ3) is 59.2. The topological polar surface area (TPSA) is 78.9 Å². The van der Waals surface area contributed by atoms with Crippen molar-refractivity contribution in [3.05, 3.63) is 97.2 Å². The van der Waals surface area contributed by atoms with E-state index in [1.165, 1.54) is 167 Å². The maximum Gasteiger partial charge on any atom is 0.306 e. The van der Waals surface area contributed by atoms with Crippen molar-refractivity contribution in [2.45, 2.75) is 303 Å². The molecular formula is C68H116O6. The lowest BCUT2D eigenvalue weighted by atomic mass is 10.1. The summed E-state index contributed by atoms with van der Waals surface area (Å²) in [4.78, 5) is 38.3. The van der Waals surface area contributed by atoms with Gasteiger partial charge in [-0.25, -0.2) is 0 Å². The summed E-state index contributed by atoms with van der Waals surface area (Å²) < 4.78 is 16.9. The number of carbonyl (C=O) groups is 3. The van der Waals surface area contributed by atoms with Crippen LogP contribution in [0, 0.1) is 0 Å². The molecule has 0 rings (SSSR count). The predicted octanol–water partition coefficient (Wildman–Crippen LogP) is 21.3. The van der Waals surface area contributed by atoms with Crippen molar-refractivity contribution in [1.82, 2.24) is 0 Å². The van der Waals surface area contributed by atoms with E-state index in [0.29, 0.717) is 19.3 Å². The Kier molecular flexibility index (Phi) is 58.8. The second kappa shape index (κ2) is 61.9. The molecule has 6 nitrogen and oxygen atoms in total. The van der Waals surface area contributed by atoms with E-state index in [0.717, 1.165) is 83.5 Å². The molecule has 0 aliphatic carbocycles. The highest BCUT2D eigenvalue weighted by Gasteiger charge is 2.19. The summed E-state index contributed by atoms with van der Waals surface area (Å²) >= 11 is 0. The van der Waals surface area contributed by atoms with Gasteiger partial charge in [0.05, 0.1) is 0 Å². The first-order valence-corrected chi connectivity index (χ1v) is 31.2. The fourth-order valence-electron chi connectivity index (χ4n) is 8.62. The molecule has 1 unspecified atom stereocenters. The van der Waals surface area contributed by atoms with E-state index in [9.17, 15) is 14.4 Å². The van der Waals surface area contributed by atoms with Crippen molar-refractivity contribution >= 4 is 17.9 Å². The van der Waals surface area contributed by atoms with Gasteiger partial charge in [0.15, 0.2) is 6.10 Å². The number of allylic oxidation sites excluding steroid dienone is 16. The summed E-state index contributed by atoms with van der Waals surface area (Å²) in [5.41, 5.74) is 0. The van der Waals surface area contributed by atoms with Crippen molar-refractivity contribution < 1.29 is 28.6 Å². The number of carbonyl (C=O) groups excluding carboxylic acids is 3. The summed E-state index contributed by atoms with van der Waals surface area (Å²) in [5, 5.41) is 0. The van der Waals surface area contributed by atoms with Gasteiger partial charge in [-0.2, -0.15) is 0 Å². The number of ether oxygens (including phenoxy) is 3. The van der Waals surface area contributed by atoms with Crippen LogP contribution in [0.4, 0.5) is 0 Å². The fourth-order valence-corrected chi connectivity index (χ4v) is 8.62. The van der Waals surface area contributed by atoms with E-state index in [1.807, 2.05) is 0 Å². The molecule has 0 fully saturated rings. The molecule has 74 heavy (non-hydrogen) atoms. The molecule has 6 heteroatoms. The van der Waals surface area contributed by atoms with Gasteiger partial charge in [0.25, 0.3) is 0 Å². The zero-order valence-electron chi connectivity index (χ0n) is 48.6. The van der Waals surface area contributed by atoms with Crippen LogP contribution in [-0.4, -0.2) is 37.2 Å². The second-order valence-electron chi connectivity index (χ2n) is 20.6. The first kappa shape index (κ1) is 70.3. The molecule has 0 N–H and O–H groups in total. The average molecular weight is 1030 g/mol. The van der Waals surface area contributed by atoms with E-state index < -0.39 is 6.10 Å². The highest BCUT2D eigenvalue weighted by Crippen LogP contribution is 2.15. The first-order chi connectivity index (χ1) is 36.5. The zero-order valence-corrected chi connectivity index (χ0v) is 48.6. The minimum Gasteiger partial charge on any atom is -0.462 e. The quantitative estimate of drug-likeness (QED) is 0.0261. The lowest BCUT2D eigenvalue weighted by molar-refractivity contribution is -0.167. The Morgan fingerprint density at radius 2 is 0.541 bits per heavy atom. The molecule has 1 atom stereocenters. The monoisotopic (exact) mass is 1030 g/mol. The van der Waals surface area contributed by atoms with Crippen LogP contribution >= 0.6 is 0 Å². The lowest BCUT2D eigenvalue weighted by Crippen LogP contribution is -2.30. The van der Waals surface area contributed by atoms with Crippen LogP contribution in [0.1, 0.15) is 297 Å². The van der Waals surface area contributed by atoms with Crippen molar-refractivity contribution in [3.8, 4) is 0 Å². The molecule has 0 bridgehead atoms. The highest BCUT2D eigenvalue weighted by molar-refractivity contribution is 5.71. The minimum absolute atomic E-state index is 0.0989. The van der Waals surface area contributed by atoms with Crippen LogP contribution in [0.25, 0.3) is 0 Å². The van der Waals surface area contributed by atoms with Crippen molar-refractivity contribution in [3.63, 3.8) is 0 Å². The standard InChI is InChI=1S/C68H116O6/c1-4-7-10-13-16-19-22-25-28-31-33-34-35-38-40-43-46-49-52-55-58-61-67(70)73-64-65(63-72-66(69)60-57-54-51-48-45-42-39-36-30-27-24-21-18-15-12-9-6-3)74-68(71)62-59-56-53-50-47-44-41-37-32-29-26-23-20-17-14-11-8-5-2/h9,12,18,21-22,25,27,29-33,39,42,48,51,65H,4-8,10-11,13-17,19-20,23-24,26,28,34-38,40-41,43-47,49-50,52-64H2,1-3H3/b12-9-,21-18-,25-22-,30-27-,32-29-,33-31-,42-39-,51-48-. The molecule has 0 saturated carbocycles. The number of hydrogen-bond acceptors (Lipinski definition) is 6. The van der Waals surface area contributed by atoms with Gasteiger partial charge in [0, 0.05) is 19.3 Å². The van der Waals surface area contributed by atoms with Gasteiger partial charge in [0.2, 0.25) is 0 Å². The third-order valence-electron chi connectivity index (χ3n) is 13.3. The Morgan fingerprint density at radius 1 is 0.284 bits per heavy atom. The van der Waals surface area contributed by atoms with Crippen molar-refractivity contribution in [2.24, 2.45) is 0 Å². The van der Waals surface area contributed by atoms with Crippen LogP contribution in [0.5, 0.6) is 0 Å². The Balaban J connectivity index is 4.45. The number of esters is 3. The first-order valence-electron chi connectivity index (χ1n) is 31.2. The average Bonchev–Trinajstić information content (AvgIpc) is 3.40. The summed E-state index contributed by atoms with van der Waals surface area (Å²) in [6, 6.07) is 0. The minimum atomic E-state index is -0.807. The van der Waals surface area contributed by atoms with E-state index in [2.05, 4.69) is 118 Å². The van der Waals surface area contributed by atoms with Gasteiger partial charge in [-0.3, -0.25) is 14.4 Å². The van der Waals surface area contributed by atoms with Gasteiger partial charge in [-0.05, 0) is 116 Å². The smallest absolute Gasteiger partial charge is 0.306 e. The normalized spacial score (nSPS) is 12.7. The predicted molar refractivity (Wildman–Crippen MR) is 320 cm³/mol. The Hall–Kier alpha value is -3.67. The lowest BCUT2D eigenvalue weighted by Gasteiger charge is -2.18. The SMILES string of the molecule is CC/C=C\C/C=C\C/C=C\C/C=C\C/C=C\CCCC(=O)OCC(COC(=O)CCCCCCCCCCC/C=C\C/C=C\CCCCCCC)OC(=O)CCCCCCCCC/C=C\CCCCCCCCC. The van der Waals surface area contributed by atoms with Gasteiger partial charge >= 0.3 is 17.9 Å². The molecule has 0 aliphatic heterocycles. The Morgan fingerprint density at radius 3 is 0.892 bits per heavy atom. The van der Waals surface area contributed by atoms with Gasteiger partial charge < -0.3 is 14.2 Å². The van der Waals surface area contributed by atoms with Gasteiger partial charge in [-0.1, -0.05) is 259 Å². The summed E-state index contributed by atoms with van der Waals surface area (Å²) in [7, 11) is 0. The largest absolute Gasteiger partial charge is 0.462 e. The van der Waals surface area contributed by atoms with Crippen molar-refractivity contribution in [1.29, 1.82) is 0 Å². The maximum absolute atomic E-state index is 12.9. The zero-order chi connectivity index (χ0) is 53.6. The second-order valence-corrected chi connectivity index (χ2v) is 20.6. The maximum atomic E-state index is 12.9. The molecule has 0 saturated heterocycles. The molecule has 0 spiro atoms. The Bertz CT molecular complexity index is 1460. The van der Waals surface area contributed by atoms with E-state index in [4.69, 9.17) is 14.2 Å². The molecule has 424 valence electrons. The molecule has 0 heterocycles. The van der Waals surface area contributed by atoms with Crippen LogP contribution in [0.2, 0.25) is 0 Å². The number of hydrogen-bond donors (Lipinski definition) is 0. The molecule has 0 radical (unpaired) electrons. The summed E-state index contributed by atoms with van der Waals surface area (Å²) in [6.45, 7) is 6.48. The molecule has 0 aromatic carbocycles.